The first kappa shape index (κ1) is 13.9. The molecule has 0 aliphatic heterocycles. The van der Waals surface area contributed by atoms with Crippen molar-refractivity contribution in [2.75, 3.05) is 7.11 Å². The fourth-order valence-electron chi connectivity index (χ4n) is 2.49. The third-order valence-corrected chi connectivity index (χ3v) is 3.71. The van der Waals surface area contributed by atoms with Crippen molar-refractivity contribution in [2.45, 2.75) is 13.5 Å². The molecule has 0 saturated heterocycles. The average molecular weight is 302 g/mol. The molecular formula is C16H16ClN3O. The largest absolute Gasteiger partial charge is 0.496 e. The summed E-state index contributed by atoms with van der Waals surface area (Å²) in [5.74, 6) is 0.782. The van der Waals surface area contributed by atoms with E-state index >= 15 is 0 Å². The Labute approximate surface area is 128 Å². The summed E-state index contributed by atoms with van der Waals surface area (Å²) in [7, 11) is 1.66. The lowest BCUT2D eigenvalue weighted by Crippen LogP contribution is -2.03. The maximum absolute atomic E-state index is 6.07. The molecule has 3 aromatic rings. The molecule has 2 N–H and O–H groups in total. The highest BCUT2D eigenvalue weighted by Crippen LogP contribution is 2.33. The lowest BCUT2D eigenvalue weighted by Gasteiger charge is -2.09. The number of benzene rings is 1. The van der Waals surface area contributed by atoms with Crippen LogP contribution >= 0.6 is 11.6 Å². The third-order valence-electron chi connectivity index (χ3n) is 3.48. The minimum atomic E-state index is 0.369. The number of ether oxygens (including phenoxy) is 1. The van der Waals surface area contributed by atoms with Gasteiger partial charge in [0.05, 0.1) is 23.5 Å². The van der Waals surface area contributed by atoms with Gasteiger partial charge in [-0.15, -0.1) is 0 Å². The highest BCUT2D eigenvalue weighted by molar-refractivity contribution is 6.30. The van der Waals surface area contributed by atoms with Crippen molar-refractivity contribution in [3.8, 4) is 17.0 Å². The van der Waals surface area contributed by atoms with Gasteiger partial charge in [-0.1, -0.05) is 23.2 Å². The van der Waals surface area contributed by atoms with Crippen LogP contribution in [-0.2, 0) is 6.54 Å². The molecule has 0 bridgehead atoms. The Kier molecular flexibility index (Phi) is 3.57. The van der Waals surface area contributed by atoms with Gasteiger partial charge >= 0.3 is 0 Å². The SMILES string of the molecule is COc1ccc(C)cc1-c1nc2ccc(Cl)cn2c1CN. The van der Waals surface area contributed by atoms with Gasteiger partial charge in [0.2, 0.25) is 0 Å². The van der Waals surface area contributed by atoms with Gasteiger partial charge in [-0.25, -0.2) is 4.98 Å². The standard InChI is InChI=1S/C16H16ClN3O/c1-10-3-5-14(21-2)12(7-10)16-13(8-18)20-9-11(17)4-6-15(20)19-16/h3-7,9H,8,18H2,1-2H3. The molecule has 0 aliphatic carbocycles. The van der Waals surface area contributed by atoms with Crippen LogP contribution in [0.15, 0.2) is 36.5 Å². The van der Waals surface area contributed by atoms with Crippen LogP contribution < -0.4 is 10.5 Å². The number of methoxy groups -OCH3 is 1. The van der Waals surface area contributed by atoms with Gasteiger partial charge in [-0.05, 0) is 31.2 Å². The van der Waals surface area contributed by atoms with Crippen molar-refractivity contribution in [1.82, 2.24) is 9.38 Å². The Bertz CT molecular complexity index is 811. The zero-order chi connectivity index (χ0) is 15.0. The molecule has 0 radical (unpaired) electrons. The van der Waals surface area contributed by atoms with Crippen LogP contribution in [0.5, 0.6) is 5.75 Å². The molecule has 21 heavy (non-hydrogen) atoms. The van der Waals surface area contributed by atoms with Gasteiger partial charge in [-0.3, -0.25) is 0 Å². The number of hydrogen-bond acceptors (Lipinski definition) is 3. The first-order chi connectivity index (χ1) is 10.1. The number of nitrogens with zero attached hydrogens (tertiary/aromatic N) is 2. The van der Waals surface area contributed by atoms with Crippen LogP contribution in [0.1, 0.15) is 11.3 Å². The minimum Gasteiger partial charge on any atom is -0.496 e. The van der Waals surface area contributed by atoms with E-state index in [4.69, 9.17) is 22.1 Å². The van der Waals surface area contributed by atoms with Gasteiger partial charge in [0.15, 0.2) is 0 Å². The van der Waals surface area contributed by atoms with E-state index in [0.717, 1.165) is 33.9 Å². The fraction of sp³-hybridized carbons (Fsp3) is 0.188. The molecule has 0 amide bonds. The van der Waals surface area contributed by atoms with Crippen LogP contribution in [0.25, 0.3) is 16.9 Å². The number of pyridine rings is 1. The summed E-state index contributed by atoms with van der Waals surface area (Å²) in [6.07, 6.45) is 1.83. The van der Waals surface area contributed by atoms with Crippen molar-refractivity contribution < 1.29 is 4.74 Å². The first-order valence-corrected chi connectivity index (χ1v) is 7.03. The zero-order valence-corrected chi connectivity index (χ0v) is 12.7. The van der Waals surface area contributed by atoms with Gasteiger partial charge in [0, 0.05) is 18.3 Å². The summed E-state index contributed by atoms with van der Waals surface area (Å²) in [4.78, 5) is 4.69. The smallest absolute Gasteiger partial charge is 0.137 e. The second-order valence-electron chi connectivity index (χ2n) is 4.89. The molecular weight excluding hydrogens is 286 g/mol. The highest BCUT2D eigenvalue weighted by atomic mass is 35.5. The van der Waals surface area contributed by atoms with E-state index in [0.29, 0.717) is 11.6 Å². The molecule has 0 atom stereocenters. The molecule has 2 aromatic heterocycles. The van der Waals surface area contributed by atoms with Crippen molar-refractivity contribution in [3.63, 3.8) is 0 Å². The summed E-state index contributed by atoms with van der Waals surface area (Å²) >= 11 is 6.07. The Morgan fingerprint density at radius 1 is 1.29 bits per heavy atom. The maximum atomic E-state index is 6.07. The molecule has 0 unspecified atom stereocenters. The molecule has 0 spiro atoms. The molecule has 0 fully saturated rings. The second-order valence-corrected chi connectivity index (χ2v) is 5.33. The number of aryl methyl sites for hydroxylation is 1. The lowest BCUT2D eigenvalue weighted by molar-refractivity contribution is 0.416. The van der Waals surface area contributed by atoms with Crippen molar-refractivity contribution in [3.05, 3.63) is 52.8 Å². The Morgan fingerprint density at radius 3 is 2.81 bits per heavy atom. The fourth-order valence-corrected chi connectivity index (χ4v) is 2.65. The molecule has 108 valence electrons. The number of rotatable bonds is 3. The number of nitrogens with two attached hydrogens (primary N) is 1. The van der Waals surface area contributed by atoms with E-state index in [2.05, 4.69) is 11.1 Å². The number of aromatic nitrogens is 2. The summed E-state index contributed by atoms with van der Waals surface area (Å²) in [6, 6.07) is 9.72. The molecule has 0 saturated carbocycles. The lowest BCUT2D eigenvalue weighted by atomic mass is 10.1. The van der Waals surface area contributed by atoms with E-state index in [1.165, 1.54) is 0 Å². The third kappa shape index (κ3) is 2.37. The number of imidazole rings is 1. The van der Waals surface area contributed by atoms with E-state index < -0.39 is 0 Å². The molecule has 3 rings (SSSR count). The summed E-state index contributed by atoms with van der Waals surface area (Å²) in [5, 5.41) is 0.650. The number of hydrogen-bond donors (Lipinski definition) is 1. The predicted octanol–water partition coefficient (Wildman–Crippen LogP) is 3.43. The Hall–Kier alpha value is -2.04. The molecule has 2 heterocycles. The Morgan fingerprint density at radius 2 is 2.10 bits per heavy atom. The summed E-state index contributed by atoms with van der Waals surface area (Å²) in [6.45, 7) is 2.41. The normalized spacial score (nSPS) is 11.0. The van der Waals surface area contributed by atoms with Crippen LogP contribution in [-0.4, -0.2) is 16.5 Å². The Balaban J connectivity index is 2.32. The topological polar surface area (TPSA) is 52.5 Å². The average Bonchev–Trinajstić information content (AvgIpc) is 2.84. The minimum absolute atomic E-state index is 0.369. The van der Waals surface area contributed by atoms with Crippen LogP contribution in [0.3, 0.4) is 0 Å². The van der Waals surface area contributed by atoms with Gasteiger partial charge in [-0.2, -0.15) is 0 Å². The highest BCUT2D eigenvalue weighted by Gasteiger charge is 2.16. The molecule has 4 nitrogen and oxygen atoms in total. The van der Waals surface area contributed by atoms with Crippen molar-refractivity contribution in [1.29, 1.82) is 0 Å². The molecule has 1 aromatic carbocycles. The van der Waals surface area contributed by atoms with E-state index in [1.54, 1.807) is 7.11 Å². The van der Waals surface area contributed by atoms with Crippen molar-refractivity contribution in [2.24, 2.45) is 5.73 Å². The number of halogens is 1. The van der Waals surface area contributed by atoms with Gasteiger partial charge in [0.1, 0.15) is 11.4 Å². The summed E-state index contributed by atoms with van der Waals surface area (Å²) in [5.41, 5.74) is 10.6. The van der Waals surface area contributed by atoms with Gasteiger partial charge < -0.3 is 14.9 Å². The predicted molar refractivity (Wildman–Crippen MR) is 84.8 cm³/mol. The van der Waals surface area contributed by atoms with Crippen LogP contribution in [0.2, 0.25) is 5.02 Å². The first-order valence-electron chi connectivity index (χ1n) is 6.65. The number of fused-ring (bicyclic) bond motifs is 1. The van der Waals surface area contributed by atoms with E-state index in [1.807, 2.05) is 41.8 Å². The molecule has 5 heteroatoms. The quantitative estimate of drug-likeness (QED) is 0.806. The molecule has 0 aliphatic rings. The maximum Gasteiger partial charge on any atom is 0.137 e. The van der Waals surface area contributed by atoms with Crippen LogP contribution in [0.4, 0.5) is 0 Å². The summed E-state index contributed by atoms with van der Waals surface area (Å²) < 4.78 is 7.39. The monoisotopic (exact) mass is 301 g/mol. The van der Waals surface area contributed by atoms with Crippen LogP contribution in [0, 0.1) is 6.92 Å². The zero-order valence-electron chi connectivity index (χ0n) is 11.9. The van der Waals surface area contributed by atoms with E-state index in [9.17, 15) is 0 Å². The second kappa shape index (κ2) is 5.39. The van der Waals surface area contributed by atoms with Gasteiger partial charge in [0.25, 0.3) is 0 Å². The van der Waals surface area contributed by atoms with Crippen molar-refractivity contribution >= 4 is 17.2 Å². The van der Waals surface area contributed by atoms with E-state index in [-0.39, 0.29) is 0 Å².